The molecule has 0 aliphatic rings. The minimum Gasteiger partial charge on any atom is -0.381 e. The number of aryl methyl sites for hydroxylation is 1. The van der Waals surface area contributed by atoms with Gasteiger partial charge in [0.15, 0.2) is 0 Å². The van der Waals surface area contributed by atoms with Gasteiger partial charge < -0.3 is 5.11 Å². The number of aliphatic hydroxyl groups is 1. The molecule has 1 atom stereocenters. The average molecular weight is 218 g/mol. The van der Waals surface area contributed by atoms with Crippen LogP contribution in [-0.2, 0) is 5.60 Å². The number of benzene rings is 1. The second-order valence-electron chi connectivity index (χ2n) is 5.72. The van der Waals surface area contributed by atoms with Gasteiger partial charge in [-0.3, -0.25) is 0 Å². The minimum atomic E-state index is -0.890. The van der Waals surface area contributed by atoms with Crippen LogP contribution in [-0.4, -0.2) is 5.11 Å². The standard InChI is InChI=1S/C15H22O/c1-12-7-6-8-13(11-12)15(5,16)10-9-14(2,3)4/h6-11,16H,1-5H3/b10-9+. The maximum Gasteiger partial charge on any atom is 0.105 e. The van der Waals surface area contributed by atoms with E-state index in [2.05, 4.69) is 26.8 Å². The lowest BCUT2D eigenvalue weighted by atomic mass is 9.89. The van der Waals surface area contributed by atoms with Crippen molar-refractivity contribution in [3.05, 3.63) is 47.5 Å². The zero-order valence-electron chi connectivity index (χ0n) is 10.9. The predicted molar refractivity (Wildman–Crippen MR) is 69.3 cm³/mol. The zero-order valence-corrected chi connectivity index (χ0v) is 10.9. The van der Waals surface area contributed by atoms with Crippen LogP contribution in [0.1, 0.15) is 38.8 Å². The molecule has 0 heterocycles. The van der Waals surface area contributed by atoms with Crippen molar-refractivity contribution in [2.24, 2.45) is 5.41 Å². The summed E-state index contributed by atoms with van der Waals surface area (Å²) in [6, 6.07) is 7.99. The molecular formula is C15H22O. The van der Waals surface area contributed by atoms with Gasteiger partial charge in [0, 0.05) is 0 Å². The molecule has 0 saturated carbocycles. The van der Waals surface area contributed by atoms with Crippen molar-refractivity contribution in [1.82, 2.24) is 0 Å². The molecule has 0 spiro atoms. The second-order valence-corrected chi connectivity index (χ2v) is 5.72. The Bertz CT molecular complexity index is 381. The molecule has 0 fully saturated rings. The molecule has 88 valence electrons. The lowest BCUT2D eigenvalue weighted by molar-refractivity contribution is 0.110. The summed E-state index contributed by atoms with van der Waals surface area (Å²) < 4.78 is 0. The van der Waals surface area contributed by atoms with Crippen LogP contribution in [0.4, 0.5) is 0 Å². The molecule has 0 aliphatic heterocycles. The molecule has 1 heteroatoms. The first kappa shape index (κ1) is 13.0. The van der Waals surface area contributed by atoms with E-state index in [4.69, 9.17) is 0 Å². The van der Waals surface area contributed by atoms with Crippen molar-refractivity contribution in [2.45, 2.75) is 40.2 Å². The van der Waals surface area contributed by atoms with E-state index in [0.29, 0.717) is 0 Å². The molecule has 1 aromatic carbocycles. The van der Waals surface area contributed by atoms with Gasteiger partial charge in [-0.1, -0.05) is 62.8 Å². The summed E-state index contributed by atoms with van der Waals surface area (Å²) in [6.07, 6.45) is 3.93. The molecule has 1 unspecified atom stereocenters. The van der Waals surface area contributed by atoms with Gasteiger partial charge in [0.1, 0.15) is 5.60 Å². The maximum atomic E-state index is 10.4. The minimum absolute atomic E-state index is 0.0911. The summed E-state index contributed by atoms with van der Waals surface area (Å²) in [5, 5.41) is 10.4. The first-order chi connectivity index (χ1) is 7.21. The molecule has 1 N–H and O–H groups in total. The second kappa shape index (κ2) is 4.42. The summed E-state index contributed by atoms with van der Waals surface area (Å²) in [4.78, 5) is 0. The highest BCUT2D eigenvalue weighted by atomic mass is 16.3. The van der Waals surface area contributed by atoms with Gasteiger partial charge in [0.25, 0.3) is 0 Å². The van der Waals surface area contributed by atoms with Crippen molar-refractivity contribution in [2.75, 3.05) is 0 Å². The third-order valence-corrected chi connectivity index (χ3v) is 2.51. The van der Waals surface area contributed by atoms with E-state index in [1.165, 1.54) is 5.56 Å². The third-order valence-electron chi connectivity index (χ3n) is 2.51. The highest BCUT2D eigenvalue weighted by Crippen LogP contribution is 2.25. The van der Waals surface area contributed by atoms with Crippen LogP contribution in [0.2, 0.25) is 0 Å². The van der Waals surface area contributed by atoms with Crippen molar-refractivity contribution in [3.8, 4) is 0 Å². The van der Waals surface area contributed by atoms with Gasteiger partial charge in [-0.05, 0) is 24.8 Å². The Morgan fingerprint density at radius 3 is 2.19 bits per heavy atom. The van der Waals surface area contributed by atoms with Gasteiger partial charge in [-0.25, -0.2) is 0 Å². The van der Waals surface area contributed by atoms with Crippen LogP contribution < -0.4 is 0 Å². The molecule has 0 bridgehead atoms. The summed E-state index contributed by atoms with van der Waals surface area (Å²) in [6.45, 7) is 10.2. The first-order valence-corrected chi connectivity index (χ1v) is 5.71. The molecule has 0 aromatic heterocycles. The fourth-order valence-electron chi connectivity index (χ4n) is 1.47. The monoisotopic (exact) mass is 218 g/mol. The Labute approximate surface area is 98.8 Å². The van der Waals surface area contributed by atoms with Crippen molar-refractivity contribution < 1.29 is 5.11 Å². The van der Waals surface area contributed by atoms with Crippen molar-refractivity contribution in [1.29, 1.82) is 0 Å². The molecule has 0 amide bonds. The van der Waals surface area contributed by atoms with Gasteiger partial charge in [0.2, 0.25) is 0 Å². The maximum absolute atomic E-state index is 10.4. The molecule has 1 nitrogen and oxygen atoms in total. The van der Waals surface area contributed by atoms with E-state index in [-0.39, 0.29) is 5.41 Å². The molecule has 0 saturated heterocycles. The molecule has 0 aliphatic carbocycles. The van der Waals surface area contributed by atoms with Crippen LogP contribution in [0.5, 0.6) is 0 Å². The summed E-state index contributed by atoms with van der Waals surface area (Å²) in [7, 11) is 0. The average Bonchev–Trinajstić information content (AvgIpc) is 2.14. The fourth-order valence-corrected chi connectivity index (χ4v) is 1.47. The molecule has 16 heavy (non-hydrogen) atoms. The van der Waals surface area contributed by atoms with E-state index in [1.807, 2.05) is 44.2 Å². The lowest BCUT2D eigenvalue weighted by Gasteiger charge is -2.22. The molecule has 1 aromatic rings. The van der Waals surface area contributed by atoms with Gasteiger partial charge >= 0.3 is 0 Å². The Morgan fingerprint density at radius 2 is 1.69 bits per heavy atom. The Morgan fingerprint density at radius 1 is 1.06 bits per heavy atom. The molecule has 1 rings (SSSR count). The SMILES string of the molecule is Cc1cccc(C(C)(O)/C=C/C(C)(C)C)c1. The van der Waals surface area contributed by atoms with Crippen molar-refractivity contribution in [3.63, 3.8) is 0 Å². The summed E-state index contributed by atoms with van der Waals surface area (Å²) >= 11 is 0. The fraction of sp³-hybridized carbons (Fsp3) is 0.467. The van der Waals surface area contributed by atoms with Crippen LogP contribution in [0.25, 0.3) is 0 Å². The number of hydrogen-bond acceptors (Lipinski definition) is 1. The van der Waals surface area contributed by atoms with Crippen LogP contribution in [0.15, 0.2) is 36.4 Å². The summed E-state index contributed by atoms with van der Waals surface area (Å²) in [5.41, 5.74) is 1.31. The first-order valence-electron chi connectivity index (χ1n) is 5.71. The number of rotatable bonds is 2. The van der Waals surface area contributed by atoms with E-state index < -0.39 is 5.60 Å². The largest absolute Gasteiger partial charge is 0.381 e. The topological polar surface area (TPSA) is 20.2 Å². The van der Waals surface area contributed by atoms with Crippen LogP contribution in [0.3, 0.4) is 0 Å². The van der Waals surface area contributed by atoms with E-state index >= 15 is 0 Å². The molecular weight excluding hydrogens is 196 g/mol. The van der Waals surface area contributed by atoms with Gasteiger partial charge in [-0.15, -0.1) is 0 Å². The Hall–Kier alpha value is -1.08. The van der Waals surface area contributed by atoms with Gasteiger partial charge in [0.05, 0.1) is 0 Å². The highest BCUT2D eigenvalue weighted by Gasteiger charge is 2.20. The van der Waals surface area contributed by atoms with Crippen molar-refractivity contribution >= 4 is 0 Å². The third kappa shape index (κ3) is 3.82. The normalized spacial score (nSPS) is 16.4. The van der Waals surface area contributed by atoms with E-state index in [0.717, 1.165) is 5.56 Å². The van der Waals surface area contributed by atoms with E-state index in [9.17, 15) is 5.11 Å². The zero-order chi connectivity index (χ0) is 12.4. The molecule has 0 radical (unpaired) electrons. The smallest absolute Gasteiger partial charge is 0.105 e. The number of allylic oxidation sites excluding steroid dienone is 1. The Balaban J connectivity index is 2.98. The Kier molecular flexibility index (Phi) is 3.59. The van der Waals surface area contributed by atoms with Gasteiger partial charge in [-0.2, -0.15) is 0 Å². The summed E-state index contributed by atoms with van der Waals surface area (Å²) in [5.74, 6) is 0. The number of hydrogen-bond donors (Lipinski definition) is 1. The van der Waals surface area contributed by atoms with Crippen LogP contribution in [0, 0.1) is 12.3 Å². The predicted octanol–water partition coefficient (Wildman–Crippen LogP) is 3.80. The quantitative estimate of drug-likeness (QED) is 0.748. The van der Waals surface area contributed by atoms with E-state index in [1.54, 1.807) is 0 Å². The lowest BCUT2D eigenvalue weighted by Crippen LogP contribution is -2.18. The highest BCUT2D eigenvalue weighted by molar-refractivity contribution is 5.30. The van der Waals surface area contributed by atoms with Crippen LogP contribution >= 0.6 is 0 Å².